The lowest BCUT2D eigenvalue weighted by Crippen LogP contribution is -2.28. The summed E-state index contributed by atoms with van der Waals surface area (Å²) in [5.41, 5.74) is 1.72. The standard InChI is InChI=1S/C14H18BrNO3/c1-10-6-7-11(12(15)9-10)14(18)16(2)8-4-5-13(17)19-3/h6-7,9H,4-5,8H2,1-3H3. The van der Waals surface area contributed by atoms with Gasteiger partial charge < -0.3 is 9.64 Å². The fourth-order valence-electron chi connectivity index (χ4n) is 1.66. The van der Waals surface area contributed by atoms with Crippen molar-refractivity contribution in [2.45, 2.75) is 19.8 Å². The van der Waals surface area contributed by atoms with Crippen molar-refractivity contribution in [3.05, 3.63) is 33.8 Å². The third-order valence-corrected chi connectivity index (χ3v) is 3.46. The van der Waals surface area contributed by atoms with Crippen LogP contribution in [0, 0.1) is 6.92 Å². The van der Waals surface area contributed by atoms with Crippen molar-refractivity contribution in [1.82, 2.24) is 4.90 Å². The van der Waals surface area contributed by atoms with Gasteiger partial charge in [-0.05, 0) is 47.0 Å². The summed E-state index contributed by atoms with van der Waals surface area (Å²) in [4.78, 5) is 24.8. The first-order valence-corrected chi connectivity index (χ1v) is 6.83. The molecule has 1 rings (SSSR count). The van der Waals surface area contributed by atoms with Crippen molar-refractivity contribution in [3.8, 4) is 0 Å². The monoisotopic (exact) mass is 327 g/mol. The van der Waals surface area contributed by atoms with Crippen molar-refractivity contribution >= 4 is 27.8 Å². The van der Waals surface area contributed by atoms with Crippen LogP contribution in [0.2, 0.25) is 0 Å². The van der Waals surface area contributed by atoms with Crippen molar-refractivity contribution in [1.29, 1.82) is 0 Å². The van der Waals surface area contributed by atoms with Gasteiger partial charge in [0.1, 0.15) is 0 Å². The Morgan fingerprint density at radius 1 is 1.37 bits per heavy atom. The maximum atomic E-state index is 12.2. The summed E-state index contributed by atoms with van der Waals surface area (Å²) in [5.74, 6) is -0.311. The number of halogens is 1. The normalized spacial score (nSPS) is 10.1. The minimum absolute atomic E-state index is 0.0586. The van der Waals surface area contributed by atoms with E-state index in [0.717, 1.165) is 10.0 Å². The Hall–Kier alpha value is -1.36. The summed E-state index contributed by atoms with van der Waals surface area (Å²) in [6.07, 6.45) is 0.918. The van der Waals surface area contributed by atoms with Crippen LogP contribution in [-0.2, 0) is 9.53 Å². The number of esters is 1. The third kappa shape index (κ3) is 4.67. The lowest BCUT2D eigenvalue weighted by molar-refractivity contribution is -0.140. The number of carbonyl (C=O) groups excluding carboxylic acids is 2. The highest BCUT2D eigenvalue weighted by molar-refractivity contribution is 9.10. The molecule has 1 aromatic carbocycles. The van der Waals surface area contributed by atoms with Crippen LogP contribution >= 0.6 is 15.9 Å². The number of ether oxygens (including phenoxy) is 1. The zero-order valence-electron chi connectivity index (χ0n) is 11.4. The second-order valence-electron chi connectivity index (χ2n) is 4.39. The Morgan fingerprint density at radius 3 is 2.63 bits per heavy atom. The molecule has 0 atom stereocenters. The number of hydrogen-bond acceptors (Lipinski definition) is 3. The molecule has 0 radical (unpaired) electrons. The lowest BCUT2D eigenvalue weighted by atomic mass is 10.1. The van der Waals surface area contributed by atoms with Gasteiger partial charge >= 0.3 is 5.97 Å². The molecule has 0 aromatic heterocycles. The quantitative estimate of drug-likeness (QED) is 0.781. The second-order valence-corrected chi connectivity index (χ2v) is 5.24. The van der Waals surface area contributed by atoms with E-state index in [9.17, 15) is 9.59 Å². The molecular formula is C14H18BrNO3. The Kier molecular flexibility index (Phi) is 6.02. The number of methoxy groups -OCH3 is 1. The first kappa shape index (κ1) is 15.7. The summed E-state index contributed by atoms with van der Waals surface area (Å²) in [7, 11) is 3.09. The average Bonchev–Trinajstić information content (AvgIpc) is 2.37. The van der Waals surface area contributed by atoms with Crippen LogP contribution in [0.5, 0.6) is 0 Å². The Balaban J connectivity index is 2.59. The van der Waals surface area contributed by atoms with Crippen LogP contribution < -0.4 is 0 Å². The summed E-state index contributed by atoms with van der Waals surface area (Å²) in [5, 5.41) is 0. The molecule has 19 heavy (non-hydrogen) atoms. The van der Waals surface area contributed by atoms with Gasteiger partial charge in [0.05, 0.1) is 12.7 Å². The molecule has 0 aliphatic heterocycles. The molecule has 104 valence electrons. The fourth-order valence-corrected chi connectivity index (χ4v) is 2.33. The summed E-state index contributed by atoms with van der Waals surface area (Å²) in [6.45, 7) is 2.49. The summed E-state index contributed by atoms with van der Waals surface area (Å²) < 4.78 is 5.35. The highest BCUT2D eigenvalue weighted by atomic mass is 79.9. The van der Waals surface area contributed by atoms with E-state index in [1.54, 1.807) is 18.0 Å². The smallest absolute Gasteiger partial charge is 0.305 e. The average molecular weight is 328 g/mol. The van der Waals surface area contributed by atoms with Crippen molar-refractivity contribution < 1.29 is 14.3 Å². The van der Waals surface area contributed by atoms with E-state index < -0.39 is 0 Å². The van der Waals surface area contributed by atoms with Gasteiger partial charge in [-0.1, -0.05) is 6.07 Å². The van der Waals surface area contributed by atoms with Gasteiger partial charge in [-0.3, -0.25) is 9.59 Å². The molecule has 0 saturated carbocycles. The van der Waals surface area contributed by atoms with E-state index >= 15 is 0 Å². The van der Waals surface area contributed by atoms with Crippen molar-refractivity contribution in [2.24, 2.45) is 0 Å². The molecule has 0 aliphatic rings. The van der Waals surface area contributed by atoms with Gasteiger partial charge in [-0.25, -0.2) is 0 Å². The zero-order chi connectivity index (χ0) is 14.4. The molecule has 1 amide bonds. The van der Waals surface area contributed by atoms with Crippen LogP contribution in [0.4, 0.5) is 0 Å². The number of nitrogens with zero attached hydrogens (tertiary/aromatic N) is 1. The van der Waals surface area contributed by atoms with Gasteiger partial charge in [0.2, 0.25) is 0 Å². The van der Waals surface area contributed by atoms with Gasteiger partial charge in [-0.2, -0.15) is 0 Å². The second kappa shape index (κ2) is 7.28. The van der Waals surface area contributed by atoms with E-state index in [0.29, 0.717) is 24.9 Å². The van der Waals surface area contributed by atoms with Crippen molar-refractivity contribution in [2.75, 3.05) is 20.7 Å². The first-order valence-electron chi connectivity index (χ1n) is 6.04. The van der Waals surface area contributed by atoms with Crippen molar-refractivity contribution in [3.63, 3.8) is 0 Å². The minimum atomic E-state index is -0.252. The highest BCUT2D eigenvalue weighted by Gasteiger charge is 2.15. The topological polar surface area (TPSA) is 46.6 Å². The number of hydrogen-bond donors (Lipinski definition) is 0. The molecule has 0 bridgehead atoms. The van der Waals surface area contributed by atoms with Crippen LogP contribution in [0.1, 0.15) is 28.8 Å². The predicted molar refractivity (Wildman–Crippen MR) is 77.1 cm³/mol. The molecule has 0 unspecified atom stereocenters. The molecule has 5 heteroatoms. The highest BCUT2D eigenvalue weighted by Crippen LogP contribution is 2.19. The number of benzene rings is 1. The first-order chi connectivity index (χ1) is 8.95. The van der Waals surface area contributed by atoms with Crippen LogP contribution in [0.15, 0.2) is 22.7 Å². The molecule has 0 N–H and O–H groups in total. The maximum Gasteiger partial charge on any atom is 0.305 e. The summed E-state index contributed by atoms with van der Waals surface area (Å²) in [6, 6.07) is 5.62. The van der Waals surface area contributed by atoms with Crippen LogP contribution in [-0.4, -0.2) is 37.5 Å². The van der Waals surface area contributed by atoms with Gasteiger partial charge in [0.25, 0.3) is 5.91 Å². The van der Waals surface area contributed by atoms with E-state index in [1.165, 1.54) is 7.11 Å². The van der Waals surface area contributed by atoms with Crippen LogP contribution in [0.3, 0.4) is 0 Å². The Morgan fingerprint density at radius 2 is 2.05 bits per heavy atom. The number of rotatable bonds is 5. The molecular weight excluding hydrogens is 310 g/mol. The molecule has 0 saturated heterocycles. The maximum absolute atomic E-state index is 12.2. The lowest BCUT2D eigenvalue weighted by Gasteiger charge is -2.17. The van der Waals surface area contributed by atoms with Gasteiger partial charge in [0.15, 0.2) is 0 Å². The summed E-state index contributed by atoms with van der Waals surface area (Å²) >= 11 is 3.40. The fraction of sp³-hybridized carbons (Fsp3) is 0.429. The molecule has 0 heterocycles. The van der Waals surface area contributed by atoms with E-state index in [1.807, 2.05) is 19.1 Å². The van der Waals surface area contributed by atoms with Crippen LogP contribution in [0.25, 0.3) is 0 Å². The van der Waals surface area contributed by atoms with Gasteiger partial charge in [0, 0.05) is 24.5 Å². The minimum Gasteiger partial charge on any atom is -0.469 e. The SMILES string of the molecule is COC(=O)CCCN(C)C(=O)c1ccc(C)cc1Br. The Bertz CT molecular complexity index is 474. The predicted octanol–water partition coefficient (Wildman–Crippen LogP) is 2.78. The molecule has 4 nitrogen and oxygen atoms in total. The van der Waals surface area contributed by atoms with E-state index in [4.69, 9.17) is 0 Å². The number of carbonyl (C=O) groups is 2. The van der Waals surface area contributed by atoms with E-state index in [2.05, 4.69) is 20.7 Å². The molecule has 0 aliphatic carbocycles. The molecule has 0 spiro atoms. The largest absolute Gasteiger partial charge is 0.469 e. The molecule has 1 aromatic rings. The zero-order valence-corrected chi connectivity index (χ0v) is 13.0. The Labute approximate surface area is 121 Å². The number of amides is 1. The molecule has 0 fully saturated rings. The van der Waals surface area contributed by atoms with Gasteiger partial charge in [-0.15, -0.1) is 0 Å². The van der Waals surface area contributed by atoms with E-state index in [-0.39, 0.29) is 11.9 Å². The third-order valence-electron chi connectivity index (χ3n) is 2.80. The number of aryl methyl sites for hydroxylation is 1.